The molecule has 3 rings (SSSR count). The lowest BCUT2D eigenvalue weighted by molar-refractivity contribution is -0.205. The van der Waals surface area contributed by atoms with Crippen LogP contribution in [0.1, 0.15) is 11.0 Å². The highest BCUT2D eigenvalue weighted by molar-refractivity contribution is 9.10. The van der Waals surface area contributed by atoms with E-state index in [1.165, 1.54) is 6.07 Å². The summed E-state index contributed by atoms with van der Waals surface area (Å²) in [5.41, 5.74) is 1.14. The van der Waals surface area contributed by atoms with Gasteiger partial charge in [-0.3, -0.25) is 0 Å². The largest absolute Gasteiger partial charge is 0.419 e. The van der Waals surface area contributed by atoms with Crippen LogP contribution in [0.2, 0.25) is 0 Å². The molecule has 2 aromatic rings. The number of benzene rings is 1. The lowest BCUT2D eigenvalue weighted by Gasteiger charge is -2.36. The molecule has 24 heavy (non-hydrogen) atoms. The Hall–Kier alpha value is -1.25. The van der Waals surface area contributed by atoms with E-state index in [9.17, 15) is 18.3 Å². The van der Waals surface area contributed by atoms with Gasteiger partial charge in [0.1, 0.15) is 0 Å². The summed E-state index contributed by atoms with van der Waals surface area (Å²) in [6.45, 7) is 3.07. The third-order valence-electron chi connectivity index (χ3n) is 3.98. The van der Waals surface area contributed by atoms with Crippen LogP contribution in [-0.4, -0.2) is 37.5 Å². The Bertz CT molecular complexity index is 681. The molecule has 1 saturated heterocycles. The summed E-state index contributed by atoms with van der Waals surface area (Å²) >= 11 is 4.42. The van der Waals surface area contributed by atoms with Crippen molar-refractivity contribution in [1.82, 2.24) is 0 Å². The zero-order chi connectivity index (χ0) is 17.3. The second-order valence-corrected chi connectivity index (χ2v) is 7.58. The molecular formula is C16H16BrF3N2OS. The van der Waals surface area contributed by atoms with Gasteiger partial charge < -0.3 is 14.9 Å². The van der Waals surface area contributed by atoms with E-state index in [4.69, 9.17) is 0 Å². The number of aliphatic hydroxyl groups is 1. The van der Waals surface area contributed by atoms with Crippen LogP contribution in [0.5, 0.6) is 0 Å². The summed E-state index contributed by atoms with van der Waals surface area (Å²) in [6.07, 6.45) is -7.03. The van der Waals surface area contributed by atoms with Crippen molar-refractivity contribution in [1.29, 1.82) is 0 Å². The molecule has 1 atom stereocenters. The Balaban J connectivity index is 1.63. The predicted octanol–water partition coefficient (Wildman–Crippen LogP) is 4.43. The lowest BCUT2D eigenvalue weighted by atomic mass is 10.2. The average Bonchev–Trinajstić information content (AvgIpc) is 3.04. The van der Waals surface area contributed by atoms with Gasteiger partial charge in [0.05, 0.1) is 5.00 Å². The van der Waals surface area contributed by atoms with Gasteiger partial charge in [0.2, 0.25) is 0 Å². The molecule has 3 nitrogen and oxygen atoms in total. The molecule has 1 aromatic carbocycles. The van der Waals surface area contributed by atoms with E-state index in [2.05, 4.69) is 25.7 Å². The molecule has 0 spiro atoms. The molecule has 1 fully saturated rings. The summed E-state index contributed by atoms with van der Waals surface area (Å²) in [4.78, 5) is 4.25. The molecule has 1 unspecified atom stereocenters. The number of alkyl halides is 3. The monoisotopic (exact) mass is 420 g/mol. The van der Waals surface area contributed by atoms with E-state index < -0.39 is 12.3 Å². The molecule has 1 N–H and O–H groups in total. The van der Waals surface area contributed by atoms with Crippen molar-refractivity contribution >= 4 is 38.0 Å². The first-order valence-electron chi connectivity index (χ1n) is 7.44. The number of anilines is 2. The minimum absolute atomic E-state index is 0.0622. The fourth-order valence-corrected chi connectivity index (χ4v) is 3.99. The van der Waals surface area contributed by atoms with Gasteiger partial charge in [-0.2, -0.15) is 13.2 Å². The number of hydrogen-bond acceptors (Lipinski definition) is 4. The molecule has 1 aliphatic heterocycles. The number of hydrogen-bond donors (Lipinski definition) is 1. The van der Waals surface area contributed by atoms with Crippen molar-refractivity contribution in [2.75, 3.05) is 36.0 Å². The van der Waals surface area contributed by atoms with Crippen LogP contribution in [0.3, 0.4) is 0 Å². The van der Waals surface area contributed by atoms with Crippen LogP contribution in [0.4, 0.5) is 23.9 Å². The maximum Gasteiger partial charge on any atom is 0.419 e. The van der Waals surface area contributed by atoms with Crippen molar-refractivity contribution in [2.24, 2.45) is 0 Å². The van der Waals surface area contributed by atoms with Gasteiger partial charge in [0.15, 0.2) is 6.10 Å². The summed E-state index contributed by atoms with van der Waals surface area (Å²) in [5, 5.41) is 10.1. The Labute approximate surface area is 150 Å². The number of rotatable bonds is 3. The maximum absolute atomic E-state index is 12.6. The summed E-state index contributed by atoms with van der Waals surface area (Å²) in [6, 6.07) is 11.1. The Morgan fingerprint density at radius 1 is 0.958 bits per heavy atom. The second-order valence-electron chi connectivity index (χ2n) is 5.57. The fourth-order valence-electron chi connectivity index (χ4n) is 2.66. The van der Waals surface area contributed by atoms with Crippen molar-refractivity contribution in [3.05, 3.63) is 45.7 Å². The quantitative estimate of drug-likeness (QED) is 0.795. The van der Waals surface area contributed by atoms with Crippen molar-refractivity contribution in [2.45, 2.75) is 12.3 Å². The Morgan fingerprint density at radius 2 is 1.54 bits per heavy atom. The summed E-state index contributed by atoms with van der Waals surface area (Å²) in [7, 11) is 0. The first kappa shape index (κ1) is 17.6. The van der Waals surface area contributed by atoms with Gasteiger partial charge in [0.25, 0.3) is 0 Å². The number of halogens is 4. The van der Waals surface area contributed by atoms with E-state index >= 15 is 0 Å². The molecule has 130 valence electrons. The van der Waals surface area contributed by atoms with Gasteiger partial charge in [0, 0.05) is 41.2 Å². The van der Waals surface area contributed by atoms with Gasteiger partial charge in [-0.15, -0.1) is 11.3 Å². The topological polar surface area (TPSA) is 26.7 Å². The molecule has 8 heteroatoms. The average molecular weight is 421 g/mol. The van der Waals surface area contributed by atoms with Crippen molar-refractivity contribution in [3.8, 4) is 0 Å². The Morgan fingerprint density at radius 3 is 2.12 bits per heavy atom. The van der Waals surface area contributed by atoms with E-state index in [1.807, 2.05) is 24.3 Å². The van der Waals surface area contributed by atoms with Crippen LogP contribution >= 0.6 is 27.3 Å². The number of thiophene rings is 1. The highest BCUT2D eigenvalue weighted by atomic mass is 79.9. The van der Waals surface area contributed by atoms with Crippen LogP contribution in [-0.2, 0) is 0 Å². The fraction of sp³-hybridized carbons (Fsp3) is 0.375. The van der Waals surface area contributed by atoms with Gasteiger partial charge in [-0.05, 0) is 36.4 Å². The molecule has 0 radical (unpaired) electrons. The van der Waals surface area contributed by atoms with Gasteiger partial charge in [-0.1, -0.05) is 15.9 Å². The minimum atomic E-state index is -4.62. The van der Waals surface area contributed by atoms with Gasteiger partial charge >= 0.3 is 6.18 Å². The van der Waals surface area contributed by atoms with Crippen LogP contribution in [0, 0.1) is 0 Å². The molecule has 0 amide bonds. The van der Waals surface area contributed by atoms with Crippen molar-refractivity contribution in [3.63, 3.8) is 0 Å². The third-order valence-corrected chi connectivity index (χ3v) is 5.70. The van der Waals surface area contributed by atoms with E-state index in [1.54, 1.807) is 6.07 Å². The van der Waals surface area contributed by atoms with Gasteiger partial charge in [-0.25, -0.2) is 0 Å². The normalized spacial score (nSPS) is 17.2. The standard InChI is InChI=1S/C16H16BrF3N2OS/c17-11-1-3-12(4-2-11)21-7-9-22(10-8-21)14-6-5-13(24-14)15(23)16(18,19)20/h1-6,15,23H,7-10H2. The van der Waals surface area contributed by atoms with E-state index in [-0.39, 0.29) is 4.88 Å². The SMILES string of the molecule is OC(c1ccc(N2CCN(c3ccc(Br)cc3)CC2)s1)C(F)(F)F. The summed E-state index contributed by atoms with van der Waals surface area (Å²) in [5.74, 6) is 0. The smallest absolute Gasteiger partial charge is 0.379 e. The van der Waals surface area contributed by atoms with Crippen LogP contribution in [0.25, 0.3) is 0 Å². The molecule has 1 aliphatic rings. The highest BCUT2D eigenvalue weighted by Crippen LogP contribution is 2.38. The highest BCUT2D eigenvalue weighted by Gasteiger charge is 2.40. The summed E-state index contributed by atoms with van der Waals surface area (Å²) < 4.78 is 38.8. The van der Waals surface area contributed by atoms with E-state index in [0.29, 0.717) is 0 Å². The zero-order valence-corrected chi connectivity index (χ0v) is 15.0. The number of aliphatic hydroxyl groups excluding tert-OH is 1. The molecule has 0 aliphatic carbocycles. The maximum atomic E-state index is 12.6. The first-order valence-corrected chi connectivity index (χ1v) is 9.05. The molecule has 1 aromatic heterocycles. The lowest BCUT2D eigenvalue weighted by Crippen LogP contribution is -2.46. The molecule has 2 heterocycles. The number of nitrogens with zero attached hydrogens (tertiary/aromatic N) is 2. The van der Waals surface area contributed by atoms with Crippen LogP contribution < -0.4 is 9.80 Å². The predicted molar refractivity (Wildman–Crippen MR) is 93.9 cm³/mol. The van der Waals surface area contributed by atoms with Crippen LogP contribution in [0.15, 0.2) is 40.9 Å². The third kappa shape index (κ3) is 3.87. The number of piperazine rings is 1. The Kier molecular flexibility index (Phi) is 5.08. The first-order chi connectivity index (χ1) is 11.3. The second kappa shape index (κ2) is 6.93. The molecule has 0 saturated carbocycles. The molecule has 0 bridgehead atoms. The van der Waals surface area contributed by atoms with E-state index in [0.717, 1.165) is 52.7 Å². The minimum Gasteiger partial charge on any atom is -0.379 e. The van der Waals surface area contributed by atoms with Crippen molar-refractivity contribution < 1.29 is 18.3 Å². The zero-order valence-electron chi connectivity index (χ0n) is 12.6. The molecular weight excluding hydrogens is 405 g/mol.